The third kappa shape index (κ3) is 2.32. The van der Waals surface area contributed by atoms with Crippen LogP contribution < -0.4 is 5.32 Å². The van der Waals surface area contributed by atoms with Crippen LogP contribution in [0.2, 0.25) is 0 Å². The molecule has 1 aromatic carbocycles. The maximum absolute atomic E-state index is 11.4. The number of hydrogen-bond acceptors (Lipinski definition) is 3. The maximum atomic E-state index is 11.4. The van der Waals surface area contributed by atoms with Crippen LogP contribution in [0.4, 0.5) is 5.69 Å². The Hall–Kier alpha value is -1.84. The molecule has 0 spiro atoms. The fourth-order valence-corrected chi connectivity index (χ4v) is 1.00. The van der Waals surface area contributed by atoms with E-state index in [0.29, 0.717) is 0 Å². The van der Waals surface area contributed by atoms with Gasteiger partial charge in [0.1, 0.15) is 0 Å². The summed E-state index contributed by atoms with van der Waals surface area (Å²) in [7, 11) is 1.20. The van der Waals surface area contributed by atoms with Crippen LogP contribution in [0.5, 0.6) is 0 Å². The van der Waals surface area contributed by atoms with E-state index in [1.54, 1.807) is 12.1 Å². The van der Waals surface area contributed by atoms with Gasteiger partial charge in [0.05, 0.1) is 18.4 Å². The molecule has 74 valence electrons. The first-order valence-corrected chi connectivity index (χ1v) is 3.85. The Bertz CT molecular complexity index is 443. The van der Waals surface area contributed by atoms with Crippen LogP contribution in [0.15, 0.2) is 24.3 Å². The number of benzene rings is 1. The number of carbonyl (C=O) groups excluding carboxylic acids is 2. The van der Waals surface area contributed by atoms with E-state index < -0.39 is 18.7 Å². The Kier molecular flexibility index (Phi) is 2.08. The monoisotopic (exact) mass is 196 g/mol. The summed E-state index contributed by atoms with van der Waals surface area (Å²) in [5, 5.41) is 2.16. The van der Waals surface area contributed by atoms with Gasteiger partial charge in [0.15, 0.2) is 0 Å². The Morgan fingerprint density at radius 3 is 2.79 bits per heavy atom. The topological polar surface area (TPSA) is 55.4 Å². The van der Waals surface area contributed by atoms with Gasteiger partial charge in [-0.1, -0.05) is 12.1 Å². The van der Waals surface area contributed by atoms with Gasteiger partial charge in [-0.15, -0.1) is 0 Å². The number of amides is 1. The van der Waals surface area contributed by atoms with E-state index >= 15 is 0 Å². The van der Waals surface area contributed by atoms with E-state index in [1.807, 2.05) is 0 Å². The van der Waals surface area contributed by atoms with Gasteiger partial charge in [0.2, 0.25) is 5.91 Å². The van der Waals surface area contributed by atoms with Crippen molar-refractivity contribution in [3.63, 3.8) is 0 Å². The summed E-state index contributed by atoms with van der Waals surface area (Å²) in [5.74, 6) is -1.79. The molecule has 4 heteroatoms. The summed E-state index contributed by atoms with van der Waals surface area (Å²) in [5.41, 5.74) is 0.216. The van der Waals surface area contributed by atoms with Gasteiger partial charge >= 0.3 is 5.97 Å². The molecule has 1 rings (SSSR count). The Balaban J connectivity index is 2.99. The summed E-state index contributed by atoms with van der Waals surface area (Å²) in [4.78, 5) is 22.6. The average Bonchev–Trinajstić information content (AvgIpc) is 2.27. The zero-order valence-corrected chi connectivity index (χ0v) is 7.53. The molecular formula is C10H11NO3. The first-order chi connectivity index (χ1) is 7.86. The van der Waals surface area contributed by atoms with Gasteiger partial charge in [-0.2, -0.15) is 0 Å². The van der Waals surface area contributed by atoms with Crippen molar-refractivity contribution in [3.05, 3.63) is 29.8 Å². The minimum Gasteiger partial charge on any atom is -0.465 e. The van der Waals surface area contributed by atoms with Gasteiger partial charge < -0.3 is 10.1 Å². The van der Waals surface area contributed by atoms with Crippen LogP contribution >= 0.6 is 0 Å². The van der Waals surface area contributed by atoms with Crippen LogP contribution in [-0.4, -0.2) is 19.0 Å². The molecule has 0 radical (unpaired) electrons. The van der Waals surface area contributed by atoms with E-state index in [-0.39, 0.29) is 11.3 Å². The van der Waals surface area contributed by atoms with E-state index in [2.05, 4.69) is 10.1 Å². The molecule has 0 bridgehead atoms. The van der Waals surface area contributed by atoms with Crippen molar-refractivity contribution in [2.24, 2.45) is 0 Å². The Morgan fingerprint density at radius 2 is 2.14 bits per heavy atom. The molecule has 0 aliphatic rings. The number of anilines is 1. The van der Waals surface area contributed by atoms with Gasteiger partial charge in [-0.25, -0.2) is 4.79 Å². The molecule has 0 heterocycles. The molecule has 0 saturated carbocycles. The van der Waals surface area contributed by atoms with Gasteiger partial charge in [-0.05, 0) is 12.1 Å². The third-order valence-electron chi connectivity index (χ3n) is 1.58. The molecule has 1 aromatic rings. The lowest BCUT2D eigenvalue weighted by molar-refractivity contribution is -0.114. The molecule has 14 heavy (non-hydrogen) atoms. The number of nitrogens with one attached hydrogen (secondary N) is 1. The fourth-order valence-electron chi connectivity index (χ4n) is 1.00. The Labute approximate surface area is 86.1 Å². The second kappa shape index (κ2) is 4.41. The molecule has 1 amide bonds. The van der Waals surface area contributed by atoms with Crippen LogP contribution in [0.1, 0.15) is 21.3 Å². The summed E-state index contributed by atoms with van der Waals surface area (Å²) < 4.78 is 25.3. The summed E-state index contributed by atoms with van der Waals surface area (Å²) in [6, 6.07) is 6.01. The molecule has 0 aliphatic heterocycles. The van der Waals surface area contributed by atoms with Crippen LogP contribution in [-0.2, 0) is 9.53 Å². The summed E-state index contributed by atoms with van der Waals surface area (Å²) in [6.45, 7) is -2.76. The summed E-state index contributed by atoms with van der Waals surface area (Å²) in [6.07, 6.45) is 0. The van der Waals surface area contributed by atoms with E-state index in [4.69, 9.17) is 4.11 Å². The molecule has 4 nitrogen and oxygen atoms in total. The highest BCUT2D eigenvalue weighted by Crippen LogP contribution is 2.15. The van der Waals surface area contributed by atoms with Crippen LogP contribution in [0.3, 0.4) is 0 Å². The van der Waals surface area contributed by atoms with E-state index in [0.717, 1.165) is 0 Å². The largest absolute Gasteiger partial charge is 0.465 e. The fraction of sp³-hybridized carbons (Fsp3) is 0.200. The predicted molar refractivity (Wildman–Crippen MR) is 52.1 cm³/mol. The lowest BCUT2D eigenvalue weighted by Gasteiger charge is -2.06. The molecule has 0 fully saturated rings. The van der Waals surface area contributed by atoms with Crippen molar-refractivity contribution in [1.82, 2.24) is 0 Å². The van der Waals surface area contributed by atoms with Gasteiger partial charge in [0.25, 0.3) is 0 Å². The second-order valence-corrected chi connectivity index (χ2v) is 2.49. The highest BCUT2D eigenvalue weighted by atomic mass is 16.5. The first-order valence-electron chi connectivity index (χ1n) is 5.35. The minimum absolute atomic E-state index is 0.104. The highest BCUT2D eigenvalue weighted by molar-refractivity contribution is 6.00. The third-order valence-corrected chi connectivity index (χ3v) is 1.58. The normalized spacial score (nSPS) is 13.4. The highest BCUT2D eigenvalue weighted by Gasteiger charge is 2.10. The number of esters is 1. The quantitative estimate of drug-likeness (QED) is 0.728. The molecule has 0 saturated heterocycles. The lowest BCUT2D eigenvalue weighted by atomic mass is 10.2. The first kappa shape index (κ1) is 6.59. The van der Waals surface area contributed by atoms with Crippen molar-refractivity contribution in [3.8, 4) is 0 Å². The van der Waals surface area contributed by atoms with Crippen molar-refractivity contribution >= 4 is 17.6 Å². The van der Waals surface area contributed by atoms with Crippen molar-refractivity contribution in [2.45, 2.75) is 6.85 Å². The van der Waals surface area contributed by atoms with E-state index in [9.17, 15) is 9.59 Å². The molecule has 0 unspecified atom stereocenters. The number of ether oxygens (including phenoxy) is 1. The molecule has 1 N–H and O–H groups in total. The number of rotatable bonds is 2. The molecule has 0 atom stereocenters. The minimum atomic E-state index is -2.76. The smallest absolute Gasteiger partial charge is 0.339 e. The van der Waals surface area contributed by atoms with Crippen molar-refractivity contribution in [1.29, 1.82) is 0 Å². The van der Waals surface area contributed by atoms with Crippen LogP contribution in [0.25, 0.3) is 0 Å². The zero-order valence-electron chi connectivity index (χ0n) is 10.5. The van der Waals surface area contributed by atoms with Crippen molar-refractivity contribution < 1.29 is 18.4 Å². The van der Waals surface area contributed by atoms with Crippen LogP contribution in [0, 0.1) is 0 Å². The molecule has 0 aromatic heterocycles. The average molecular weight is 196 g/mol. The number of carbonyl (C=O) groups is 2. The van der Waals surface area contributed by atoms with Crippen molar-refractivity contribution in [2.75, 3.05) is 12.4 Å². The second-order valence-electron chi connectivity index (χ2n) is 2.49. The number of methoxy groups -OCH3 is 1. The predicted octanol–water partition coefficient (Wildman–Crippen LogP) is 1.43. The summed E-state index contributed by atoms with van der Waals surface area (Å²) >= 11 is 0. The molecular weight excluding hydrogens is 182 g/mol. The van der Waals surface area contributed by atoms with E-state index in [1.165, 1.54) is 19.2 Å². The van der Waals surface area contributed by atoms with Gasteiger partial charge in [-0.3, -0.25) is 4.79 Å². The standard InChI is InChI=1S/C10H11NO3/c1-7(12)11-9-6-4-3-5-8(9)10(13)14-2/h3-6H,1-2H3,(H,11,12)/i1D3. The Morgan fingerprint density at radius 1 is 1.43 bits per heavy atom. The SMILES string of the molecule is [2H]C([2H])([2H])C(=O)Nc1ccccc1C(=O)OC. The number of hydrogen-bond donors (Lipinski definition) is 1. The van der Waals surface area contributed by atoms with Gasteiger partial charge in [0, 0.05) is 11.0 Å². The maximum Gasteiger partial charge on any atom is 0.339 e. The molecule has 0 aliphatic carbocycles. The lowest BCUT2D eigenvalue weighted by Crippen LogP contribution is -2.11. The number of para-hydroxylation sites is 1. The zero-order chi connectivity index (χ0) is 13.1.